The van der Waals surface area contributed by atoms with Crippen LogP contribution in [0.3, 0.4) is 0 Å². The van der Waals surface area contributed by atoms with Crippen molar-refractivity contribution in [3.63, 3.8) is 0 Å². The molecule has 3 nitrogen and oxygen atoms in total. The van der Waals surface area contributed by atoms with Gasteiger partial charge in [-0.25, -0.2) is 0 Å². The summed E-state index contributed by atoms with van der Waals surface area (Å²) in [5, 5.41) is 9.80. The van der Waals surface area contributed by atoms with Crippen LogP contribution in [-0.2, 0) is 9.53 Å². The van der Waals surface area contributed by atoms with E-state index in [1.54, 1.807) is 0 Å². The van der Waals surface area contributed by atoms with Crippen molar-refractivity contribution in [3.8, 4) is 0 Å². The van der Waals surface area contributed by atoms with Crippen LogP contribution in [0.1, 0.15) is 40.0 Å². The van der Waals surface area contributed by atoms with Crippen molar-refractivity contribution in [1.29, 1.82) is 0 Å². The van der Waals surface area contributed by atoms with Crippen LogP contribution >= 0.6 is 0 Å². The van der Waals surface area contributed by atoms with E-state index in [1.807, 2.05) is 13.8 Å². The molecular weight excluding hydrogens is 168 g/mol. The molecule has 1 saturated heterocycles. The average molecular weight is 186 g/mol. The fourth-order valence-corrected chi connectivity index (χ4v) is 1.64. The number of ether oxygens (including phenoxy) is 1. The Bertz CT molecular complexity index is 200. The van der Waals surface area contributed by atoms with Gasteiger partial charge in [0.15, 0.2) is 5.78 Å². The molecule has 13 heavy (non-hydrogen) atoms. The van der Waals surface area contributed by atoms with Crippen LogP contribution in [-0.4, -0.2) is 22.8 Å². The summed E-state index contributed by atoms with van der Waals surface area (Å²) in [5.41, 5.74) is 0. The van der Waals surface area contributed by atoms with Gasteiger partial charge < -0.3 is 9.84 Å². The molecule has 76 valence electrons. The third kappa shape index (κ3) is 2.29. The number of ketones is 1. The average Bonchev–Trinajstić information content (AvgIpc) is 2.04. The number of carbonyl (C=O) groups excluding carboxylic acids is 1. The van der Waals surface area contributed by atoms with Crippen LogP contribution in [0.15, 0.2) is 0 Å². The minimum Gasteiger partial charge on any atom is -0.360 e. The van der Waals surface area contributed by atoms with Gasteiger partial charge in [-0.15, -0.1) is 0 Å². The lowest BCUT2D eigenvalue weighted by atomic mass is 9.93. The van der Waals surface area contributed by atoms with Crippen molar-refractivity contribution in [1.82, 2.24) is 0 Å². The summed E-state index contributed by atoms with van der Waals surface area (Å²) in [6.45, 7) is 5.45. The minimum absolute atomic E-state index is 0.0163. The monoisotopic (exact) mass is 186 g/mol. The molecule has 3 heteroatoms. The first-order chi connectivity index (χ1) is 5.96. The Hall–Kier alpha value is -0.410. The minimum atomic E-state index is -1.51. The van der Waals surface area contributed by atoms with Gasteiger partial charge in [-0.2, -0.15) is 0 Å². The zero-order valence-electron chi connectivity index (χ0n) is 8.54. The molecule has 0 bridgehead atoms. The first-order valence-electron chi connectivity index (χ1n) is 4.87. The molecule has 2 unspecified atom stereocenters. The van der Waals surface area contributed by atoms with Crippen molar-refractivity contribution in [2.45, 2.75) is 51.9 Å². The lowest BCUT2D eigenvalue weighted by molar-refractivity contribution is -0.247. The molecule has 1 rings (SSSR count). The van der Waals surface area contributed by atoms with E-state index in [1.165, 1.54) is 6.92 Å². The van der Waals surface area contributed by atoms with Gasteiger partial charge in [0.05, 0.1) is 6.10 Å². The third-order valence-electron chi connectivity index (χ3n) is 2.64. The molecule has 0 amide bonds. The Labute approximate surface area is 79.1 Å². The van der Waals surface area contributed by atoms with Crippen molar-refractivity contribution in [2.75, 3.05) is 0 Å². The van der Waals surface area contributed by atoms with E-state index in [0.29, 0.717) is 12.3 Å². The van der Waals surface area contributed by atoms with Crippen molar-refractivity contribution in [3.05, 3.63) is 0 Å². The molecule has 2 atom stereocenters. The summed E-state index contributed by atoms with van der Waals surface area (Å²) in [6.07, 6.45) is 2.25. The zero-order valence-corrected chi connectivity index (χ0v) is 8.54. The van der Waals surface area contributed by atoms with Crippen LogP contribution in [0.5, 0.6) is 0 Å². The second-order valence-electron chi connectivity index (χ2n) is 4.13. The van der Waals surface area contributed by atoms with E-state index in [4.69, 9.17) is 4.74 Å². The molecule has 0 aliphatic carbocycles. The number of carbonyl (C=O) groups is 1. The highest BCUT2D eigenvalue weighted by atomic mass is 16.6. The molecule has 0 aromatic carbocycles. The first-order valence-corrected chi connectivity index (χ1v) is 4.87. The smallest absolute Gasteiger partial charge is 0.226 e. The van der Waals surface area contributed by atoms with Crippen molar-refractivity contribution >= 4 is 5.78 Å². The fraction of sp³-hybridized carbons (Fsp3) is 0.900. The predicted molar refractivity (Wildman–Crippen MR) is 49.2 cm³/mol. The summed E-state index contributed by atoms with van der Waals surface area (Å²) >= 11 is 0. The number of Topliss-reactive ketones (excluding diaryl/α,β-unsaturated/α-hetero) is 1. The highest BCUT2D eigenvalue weighted by Crippen LogP contribution is 2.30. The summed E-state index contributed by atoms with van der Waals surface area (Å²) in [4.78, 5) is 11.1. The molecule has 1 aliphatic rings. The Morgan fingerprint density at radius 1 is 1.62 bits per heavy atom. The second kappa shape index (κ2) is 3.76. The van der Waals surface area contributed by atoms with Gasteiger partial charge in [-0.1, -0.05) is 13.8 Å². The SMILES string of the molecule is CC(=O)C1(O)CCCC(C(C)C)O1. The Morgan fingerprint density at radius 2 is 2.23 bits per heavy atom. The van der Waals surface area contributed by atoms with Crippen LogP contribution in [0.4, 0.5) is 0 Å². The Kier molecular flexibility index (Phi) is 3.09. The van der Waals surface area contributed by atoms with E-state index in [9.17, 15) is 9.90 Å². The van der Waals surface area contributed by atoms with E-state index in [-0.39, 0.29) is 11.9 Å². The van der Waals surface area contributed by atoms with Gasteiger partial charge in [0.25, 0.3) is 0 Å². The maximum atomic E-state index is 11.1. The maximum Gasteiger partial charge on any atom is 0.226 e. The molecule has 0 spiro atoms. The molecule has 0 radical (unpaired) electrons. The number of hydrogen-bond acceptors (Lipinski definition) is 3. The third-order valence-corrected chi connectivity index (χ3v) is 2.64. The van der Waals surface area contributed by atoms with Crippen LogP contribution in [0, 0.1) is 5.92 Å². The molecule has 1 heterocycles. The van der Waals surface area contributed by atoms with Crippen LogP contribution in [0.2, 0.25) is 0 Å². The normalized spacial score (nSPS) is 35.0. The molecule has 0 saturated carbocycles. The number of aliphatic hydroxyl groups is 1. The largest absolute Gasteiger partial charge is 0.360 e. The van der Waals surface area contributed by atoms with Gasteiger partial charge in [0.1, 0.15) is 0 Å². The van der Waals surface area contributed by atoms with E-state index < -0.39 is 5.79 Å². The summed E-state index contributed by atoms with van der Waals surface area (Å²) < 4.78 is 5.40. The Balaban J connectivity index is 2.65. The lowest BCUT2D eigenvalue weighted by Crippen LogP contribution is -2.47. The Morgan fingerprint density at radius 3 is 2.69 bits per heavy atom. The highest BCUT2D eigenvalue weighted by molar-refractivity contribution is 5.83. The van der Waals surface area contributed by atoms with Crippen LogP contribution < -0.4 is 0 Å². The number of hydrogen-bond donors (Lipinski definition) is 1. The second-order valence-corrected chi connectivity index (χ2v) is 4.13. The first kappa shape index (κ1) is 10.7. The van der Waals surface area contributed by atoms with Crippen LogP contribution in [0.25, 0.3) is 0 Å². The van der Waals surface area contributed by atoms with E-state index >= 15 is 0 Å². The van der Waals surface area contributed by atoms with Gasteiger partial charge in [0.2, 0.25) is 5.79 Å². The molecular formula is C10H18O3. The van der Waals surface area contributed by atoms with Crippen molar-refractivity contribution in [2.24, 2.45) is 5.92 Å². The molecule has 0 aromatic heterocycles. The van der Waals surface area contributed by atoms with E-state index in [2.05, 4.69) is 0 Å². The summed E-state index contributed by atoms with van der Waals surface area (Å²) in [7, 11) is 0. The lowest BCUT2D eigenvalue weighted by Gasteiger charge is -2.37. The summed E-state index contributed by atoms with van der Waals surface area (Å²) in [6, 6.07) is 0. The highest BCUT2D eigenvalue weighted by Gasteiger charge is 2.40. The van der Waals surface area contributed by atoms with Gasteiger partial charge in [-0.3, -0.25) is 4.79 Å². The standard InChI is InChI=1S/C10H18O3/c1-7(2)9-5-4-6-10(12,13-9)8(3)11/h7,9,12H,4-6H2,1-3H3. The topological polar surface area (TPSA) is 46.5 Å². The zero-order chi connectivity index (χ0) is 10.1. The maximum absolute atomic E-state index is 11.1. The molecule has 1 fully saturated rings. The number of rotatable bonds is 2. The quantitative estimate of drug-likeness (QED) is 0.710. The van der Waals surface area contributed by atoms with Crippen molar-refractivity contribution < 1.29 is 14.6 Å². The van der Waals surface area contributed by atoms with Gasteiger partial charge in [-0.05, 0) is 18.8 Å². The molecule has 1 aliphatic heterocycles. The van der Waals surface area contributed by atoms with Gasteiger partial charge >= 0.3 is 0 Å². The summed E-state index contributed by atoms with van der Waals surface area (Å²) in [5.74, 6) is -1.43. The molecule has 0 aromatic rings. The fourth-order valence-electron chi connectivity index (χ4n) is 1.64. The predicted octanol–water partition coefficient (Wildman–Crippen LogP) is 1.49. The van der Waals surface area contributed by atoms with E-state index in [0.717, 1.165) is 12.8 Å². The van der Waals surface area contributed by atoms with Gasteiger partial charge in [0, 0.05) is 13.3 Å². The molecule has 1 N–H and O–H groups in total.